The molecule has 4 aliphatic carbocycles. The second-order valence-electron chi connectivity index (χ2n) is 24.1. The fourth-order valence-corrected chi connectivity index (χ4v) is 14.9. The number of allylic oxidation sites excluding steroid dienone is 1. The van der Waals surface area contributed by atoms with E-state index in [-0.39, 0.29) is 33.0 Å². The highest BCUT2D eigenvalue weighted by Gasteiger charge is 2.60. The quantitative estimate of drug-likeness (QED) is 0.0957. The molecule has 6 rings (SSSR count). The van der Waals surface area contributed by atoms with Gasteiger partial charge in [0.05, 0.1) is 35.4 Å². The van der Waals surface area contributed by atoms with E-state index >= 15 is 0 Å². The van der Waals surface area contributed by atoms with E-state index in [2.05, 4.69) is 51.3 Å². The van der Waals surface area contributed by atoms with Crippen molar-refractivity contribution >= 4 is 52.5 Å². The number of rotatable bonds is 20. The van der Waals surface area contributed by atoms with Gasteiger partial charge in [-0.2, -0.15) is 0 Å². The van der Waals surface area contributed by atoms with Crippen molar-refractivity contribution in [1.29, 1.82) is 0 Å². The molecular weight excluding hydrogens is 936 g/mol. The molecule has 0 spiro atoms. The molecule has 71 heavy (non-hydrogen) atoms. The Morgan fingerprint density at radius 3 is 1.72 bits per heavy atom. The molecule has 4 N–H and O–H groups in total. The highest BCUT2D eigenvalue weighted by atomic mass is 35.5. The molecule has 12 heteroatoms. The number of carbonyl (C=O) groups is 4. The maximum absolute atomic E-state index is 14.0. The number of phenolic OH excluding ortho intramolecular Hbond substituents is 2. The zero-order valence-corrected chi connectivity index (χ0v) is 46.2. The molecule has 2 aromatic carbocycles. The van der Waals surface area contributed by atoms with Crippen molar-refractivity contribution in [2.75, 3.05) is 14.2 Å². The van der Waals surface area contributed by atoms with Crippen LogP contribution in [0.15, 0.2) is 30.3 Å². The predicted molar refractivity (Wildman–Crippen MR) is 285 cm³/mol. The van der Waals surface area contributed by atoms with E-state index in [4.69, 9.17) is 32.7 Å². The van der Waals surface area contributed by atoms with Gasteiger partial charge in [-0.3, -0.25) is 9.59 Å². The summed E-state index contributed by atoms with van der Waals surface area (Å²) in [5.41, 5.74) is 2.01. The van der Waals surface area contributed by atoms with Crippen molar-refractivity contribution in [2.24, 2.45) is 70.0 Å². The number of esters is 2. The number of benzene rings is 2. The molecular formula is C59H86Cl2N2O8. The van der Waals surface area contributed by atoms with Crippen molar-refractivity contribution in [2.45, 2.75) is 177 Å². The van der Waals surface area contributed by atoms with Crippen LogP contribution in [-0.2, 0) is 19.1 Å². The predicted octanol–water partition coefficient (Wildman–Crippen LogP) is 14.0. The molecule has 4 fully saturated rings. The van der Waals surface area contributed by atoms with Crippen LogP contribution in [0.1, 0.15) is 197 Å². The summed E-state index contributed by atoms with van der Waals surface area (Å²) in [6.45, 7) is 20.3. The summed E-state index contributed by atoms with van der Waals surface area (Å²) in [4.78, 5) is 53.4. The number of fused-ring (bicyclic) bond motifs is 5. The van der Waals surface area contributed by atoms with Gasteiger partial charge in [0.25, 0.3) is 11.8 Å². The van der Waals surface area contributed by atoms with Crippen molar-refractivity contribution in [3.63, 3.8) is 0 Å². The first-order valence-corrected chi connectivity index (χ1v) is 27.8. The first-order valence-electron chi connectivity index (χ1n) is 27.1. The minimum absolute atomic E-state index is 0.0472. The lowest BCUT2D eigenvalue weighted by atomic mass is 9.44. The number of hydrogen-bond acceptors (Lipinski definition) is 8. The van der Waals surface area contributed by atoms with Gasteiger partial charge in [-0.15, -0.1) is 0 Å². The molecule has 0 aromatic heterocycles. The van der Waals surface area contributed by atoms with Crippen molar-refractivity contribution in [3.05, 3.63) is 62.6 Å². The van der Waals surface area contributed by atoms with Gasteiger partial charge in [-0.25, -0.2) is 9.59 Å². The summed E-state index contributed by atoms with van der Waals surface area (Å²) >= 11 is 13.5. The van der Waals surface area contributed by atoms with Crippen LogP contribution in [0.2, 0.25) is 10.0 Å². The van der Waals surface area contributed by atoms with Gasteiger partial charge in [0.2, 0.25) is 0 Å². The number of hydrogen-bond donors (Lipinski definition) is 4. The molecule has 0 aliphatic heterocycles. The second kappa shape index (κ2) is 24.1. The van der Waals surface area contributed by atoms with Gasteiger partial charge in [-0.05, 0) is 194 Å². The van der Waals surface area contributed by atoms with Crippen molar-refractivity contribution in [1.82, 2.24) is 10.6 Å². The molecule has 11 atom stereocenters. The fraction of sp³-hybridized carbons (Fsp3) is 0.695. The first-order chi connectivity index (χ1) is 33.5. The van der Waals surface area contributed by atoms with E-state index in [0.29, 0.717) is 58.6 Å². The molecule has 0 unspecified atom stereocenters. The standard InChI is InChI=1S/C59H86Cl2N2O8/c1-33(2)14-12-15-36(7)45-20-21-46-42-19-18-40-28-37(22-24-58(40,8)47(42)23-25-59(45,46)9)16-13-17-41(38-29-43(52(64)48(60)31-38)54(66)62-50(26-34(3)4)56(68)70-10)39-30-44(53(65)49(61)32-39)55(67)63-51(27-35(5)6)57(69)71-11/h17,29-37,40,42,45-47,50-51,64-65H,12-16,18-28H2,1-11H3,(H,62,66)(H,63,67)/t36-,37+,40+,42+,45-,46+,47+,50+,51+,58+,59-/m1/s1. The Bertz CT molecular complexity index is 2160. The number of amides is 2. The lowest BCUT2D eigenvalue weighted by Crippen LogP contribution is -2.53. The average Bonchev–Trinajstić information content (AvgIpc) is 3.68. The Kier molecular flexibility index (Phi) is 19.2. The van der Waals surface area contributed by atoms with E-state index in [1.54, 1.807) is 12.1 Å². The van der Waals surface area contributed by atoms with Crippen LogP contribution >= 0.6 is 23.2 Å². The molecule has 4 saturated carbocycles. The third-order valence-corrected chi connectivity index (χ3v) is 18.7. The molecule has 10 nitrogen and oxygen atoms in total. The molecule has 4 aliphatic rings. The fourth-order valence-electron chi connectivity index (χ4n) is 14.5. The Balaban J connectivity index is 1.27. The molecule has 394 valence electrons. The topological polar surface area (TPSA) is 151 Å². The van der Waals surface area contributed by atoms with Gasteiger partial charge in [0.1, 0.15) is 23.6 Å². The molecule has 2 aromatic rings. The van der Waals surface area contributed by atoms with Crippen molar-refractivity contribution in [3.8, 4) is 11.5 Å². The average molecular weight is 1020 g/mol. The van der Waals surface area contributed by atoms with Crippen LogP contribution in [-0.4, -0.2) is 60.3 Å². The SMILES string of the molecule is COC(=O)[C@H](CC(C)C)NC(=O)c1cc(C(=CCC[C@H]2CC[C@@]3(C)[C@@H](CC[C@@H]4[C@@H]3CC[C@]3(C)[C@@H]([C@H](C)CCCC(C)C)CC[C@@H]43)C2)c2cc(Cl)c(O)c(C(=O)N[C@@H](CC(C)C)C(=O)OC)c2)cc(Cl)c1O. The summed E-state index contributed by atoms with van der Waals surface area (Å²) in [6.07, 6.45) is 20.1. The maximum atomic E-state index is 14.0. The highest BCUT2D eigenvalue weighted by Crippen LogP contribution is 2.69. The normalized spacial score (nSPS) is 27.2. The third-order valence-electron chi connectivity index (χ3n) is 18.1. The second-order valence-corrected chi connectivity index (χ2v) is 24.9. The van der Waals surface area contributed by atoms with Crippen molar-refractivity contribution < 1.29 is 38.9 Å². The highest BCUT2D eigenvalue weighted by molar-refractivity contribution is 6.33. The summed E-state index contributed by atoms with van der Waals surface area (Å²) in [6, 6.07) is 4.21. The first kappa shape index (κ1) is 56.5. The number of aromatic hydroxyl groups is 2. The van der Waals surface area contributed by atoms with E-state index in [1.165, 1.54) is 97.0 Å². The molecule has 2 amide bonds. The summed E-state index contributed by atoms with van der Waals surface area (Å²) in [5, 5.41) is 27.8. The lowest BCUT2D eigenvalue weighted by molar-refractivity contribution is -0.144. The Morgan fingerprint density at radius 2 is 1.21 bits per heavy atom. The lowest BCUT2D eigenvalue weighted by Gasteiger charge is -2.61. The van der Waals surface area contributed by atoms with Crippen LogP contribution in [0.4, 0.5) is 0 Å². The Hall–Kier alpha value is -3.76. The minimum atomic E-state index is -0.968. The Morgan fingerprint density at radius 1 is 0.690 bits per heavy atom. The molecule has 0 bridgehead atoms. The summed E-state index contributed by atoms with van der Waals surface area (Å²) < 4.78 is 9.98. The zero-order valence-electron chi connectivity index (χ0n) is 44.7. The minimum Gasteiger partial charge on any atom is -0.506 e. The van der Waals surface area contributed by atoms with Gasteiger partial charge in [-0.1, -0.05) is 111 Å². The van der Waals surface area contributed by atoms with Gasteiger partial charge in [0, 0.05) is 0 Å². The van der Waals surface area contributed by atoms with Crippen LogP contribution < -0.4 is 10.6 Å². The van der Waals surface area contributed by atoms with Crippen LogP contribution in [0, 0.1) is 70.0 Å². The van der Waals surface area contributed by atoms with Gasteiger partial charge < -0.3 is 30.3 Å². The molecule has 0 heterocycles. The van der Waals surface area contributed by atoms with Crippen LogP contribution in [0.3, 0.4) is 0 Å². The Labute approximate surface area is 435 Å². The van der Waals surface area contributed by atoms with E-state index < -0.39 is 47.3 Å². The number of ether oxygens (including phenoxy) is 2. The largest absolute Gasteiger partial charge is 0.506 e. The third kappa shape index (κ3) is 12.8. The van der Waals surface area contributed by atoms with E-state index in [0.717, 1.165) is 48.3 Å². The van der Waals surface area contributed by atoms with Gasteiger partial charge in [0.15, 0.2) is 0 Å². The van der Waals surface area contributed by atoms with Gasteiger partial charge >= 0.3 is 11.9 Å². The summed E-state index contributed by atoms with van der Waals surface area (Å²) in [7, 11) is 2.51. The van der Waals surface area contributed by atoms with Crippen LogP contribution in [0.5, 0.6) is 11.5 Å². The number of halogens is 2. The van der Waals surface area contributed by atoms with E-state index in [1.807, 2.05) is 27.7 Å². The maximum Gasteiger partial charge on any atom is 0.328 e. The smallest absolute Gasteiger partial charge is 0.328 e. The van der Waals surface area contributed by atoms with E-state index in [9.17, 15) is 29.4 Å². The number of carbonyl (C=O) groups excluding carboxylic acids is 4. The number of phenols is 2. The number of methoxy groups -OCH3 is 2. The zero-order chi connectivity index (χ0) is 52.1. The number of nitrogens with one attached hydrogen (secondary N) is 2. The van der Waals surface area contributed by atoms with Crippen LogP contribution in [0.25, 0.3) is 5.57 Å². The monoisotopic (exact) mass is 1020 g/mol. The summed E-state index contributed by atoms with van der Waals surface area (Å²) in [5.74, 6) is 2.64. The molecule has 0 saturated heterocycles. The molecule has 0 radical (unpaired) electrons.